The number of morpholine rings is 1. The molecule has 2 aliphatic heterocycles. The van der Waals surface area contributed by atoms with E-state index in [1.807, 2.05) is 6.07 Å². The molecule has 1 fully saturated rings. The number of para-hydroxylation sites is 1. The quantitative estimate of drug-likeness (QED) is 0.659. The largest absolute Gasteiger partial charge is 0.494 e. The molecule has 6 nitrogen and oxygen atoms in total. The second-order valence-corrected chi connectivity index (χ2v) is 8.20. The normalized spacial score (nSPS) is 18.9. The Morgan fingerprint density at radius 1 is 1.13 bits per heavy atom. The molecule has 3 aromatic rings. The van der Waals surface area contributed by atoms with Crippen molar-refractivity contribution in [2.24, 2.45) is 4.99 Å². The minimum atomic E-state index is 0.783. The van der Waals surface area contributed by atoms with Gasteiger partial charge in [0.25, 0.3) is 0 Å². The molecule has 1 saturated heterocycles. The molecule has 1 aromatic carbocycles. The summed E-state index contributed by atoms with van der Waals surface area (Å²) < 4.78 is 11.2. The Kier molecular flexibility index (Phi) is 5.26. The van der Waals surface area contributed by atoms with Gasteiger partial charge in [0.05, 0.1) is 42.1 Å². The van der Waals surface area contributed by atoms with Crippen LogP contribution in [0.25, 0.3) is 17.3 Å². The van der Waals surface area contributed by atoms with E-state index < -0.39 is 0 Å². The number of nitrogens with one attached hydrogen (secondary N) is 2. The van der Waals surface area contributed by atoms with E-state index in [2.05, 4.69) is 65.1 Å². The number of aryl methyl sites for hydroxylation is 2. The van der Waals surface area contributed by atoms with Crippen LogP contribution in [0.5, 0.6) is 5.75 Å². The average molecular weight is 417 g/mol. The van der Waals surface area contributed by atoms with Crippen LogP contribution in [-0.4, -0.2) is 54.8 Å². The predicted molar refractivity (Wildman–Crippen MR) is 122 cm³/mol. The average Bonchev–Trinajstić information content (AvgIpc) is 3.44. The highest BCUT2D eigenvalue weighted by Gasteiger charge is 2.20. The number of H-pyrrole nitrogens is 2. The molecule has 2 aromatic heterocycles. The van der Waals surface area contributed by atoms with Crippen LogP contribution in [0.3, 0.4) is 0 Å². The Morgan fingerprint density at radius 2 is 1.94 bits per heavy atom. The summed E-state index contributed by atoms with van der Waals surface area (Å²) in [5.74, 6) is 0.811. The Hall–Kier alpha value is -3.09. The van der Waals surface area contributed by atoms with Gasteiger partial charge in [-0.05, 0) is 37.6 Å². The van der Waals surface area contributed by atoms with Crippen LogP contribution >= 0.6 is 0 Å². The van der Waals surface area contributed by atoms with Crippen molar-refractivity contribution >= 4 is 17.3 Å². The van der Waals surface area contributed by atoms with Gasteiger partial charge in [0.15, 0.2) is 0 Å². The number of rotatable bonds is 4. The summed E-state index contributed by atoms with van der Waals surface area (Å²) >= 11 is 0. The van der Waals surface area contributed by atoms with Gasteiger partial charge in [0, 0.05) is 47.9 Å². The van der Waals surface area contributed by atoms with E-state index in [0.29, 0.717) is 0 Å². The standard InChI is InChI=1S/C25H28N4O2/c1-16-12-17(2)26-21(16)13-22-24(30-3)14-23(27-22)25-19(15-29-8-10-31-11-9-29)18-6-4-5-7-20(18)28-25/h4-7,12-14,26-27H,8-11,15H2,1-3H3/b22-13?,25-23-. The van der Waals surface area contributed by atoms with Crippen LogP contribution in [0.4, 0.5) is 0 Å². The first-order chi connectivity index (χ1) is 15.1. The van der Waals surface area contributed by atoms with Crippen LogP contribution in [-0.2, 0) is 4.74 Å². The number of aromatic nitrogens is 2. The van der Waals surface area contributed by atoms with Crippen molar-refractivity contribution in [2.45, 2.75) is 13.8 Å². The summed E-state index contributed by atoms with van der Waals surface area (Å²) in [5.41, 5.74) is 5.68. The van der Waals surface area contributed by atoms with E-state index in [-0.39, 0.29) is 0 Å². The van der Waals surface area contributed by atoms with Gasteiger partial charge >= 0.3 is 0 Å². The van der Waals surface area contributed by atoms with Gasteiger partial charge in [-0.25, -0.2) is 4.99 Å². The number of hydrogen-bond donors (Lipinski definition) is 2. The van der Waals surface area contributed by atoms with Crippen LogP contribution in [0.1, 0.15) is 17.0 Å². The van der Waals surface area contributed by atoms with Crippen LogP contribution in [0.2, 0.25) is 0 Å². The van der Waals surface area contributed by atoms with Gasteiger partial charge in [-0.3, -0.25) is 4.90 Å². The smallest absolute Gasteiger partial charge is 0.144 e. The fraction of sp³-hybridized carbons (Fsp3) is 0.320. The lowest BCUT2D eigenvalue weighted by atomic mass is 10.1. The van der Waals surface area contributed by atoms with Crippen molar-refractivity contribution in [3.05, 3.63) is 74.6 Å². The predicted octanol–water partition coefficient (Wildman–Crippen LogP) is 0.722. The number of hydrogen-bond acceptors (Lipinski definition) is 4. The molecule has 0 radical (unpaired) electrons. The van der Waals surface area contributed by atoms with E-state index in [0.717, 1.165) is 71.7 Å². The molecular weight excluding hydrogens is 388 g/mol. The lowest BCUT2D eigenvalue weighted by Crippen LogP contribution is -2.38. The molecule has 0 unspecified atom stereocenters. The van der Waals surface area contributed by atoms with Gasteiger partial charge in [-0.15, -0.1) is 0 Å². The molecule has 2 N–H and O–H groups in total. The first-order valence-electron chi connectivity index (χ1n) is 10.7. The van der Waals surface area contributed by atoms with E-state index in [1.54, 1.807) is 7.11 Å². The second kappa shape index (κ2) is 8.21. The molecule has 0 spiro atoms. The minimum absolute atomic E-state index is 0.783. The maximum absolute atomic E-state index is 5.70. The van der Waals surface area contributed by atoms with Gasteiger partial charge in [-0.2, -0.15) is 0 Å². The molecule has 0 aliphatic carbocycles. The summed E-state index contributed by atoms with van der Waals surface area (Å²) in [6.45, 7) is 8.48. The van der Waals surface area contributed by atoms with Crippen molar-refractivity contribution < 1.29 is 9.47 Å². The third kappa shape index (κ3) is 3.84. The third-order valence-corrected chi connectivity index (χ3v) is 6.00. The first kappa shape index (κ1) is 19.8. The molecule has 160 valence electrons. The molecule has 0 bridgehead atoms. The van der Waals surface area contributed by atoms with Crippen molar-refractivity contribution in [1.29, 1.82) is 0 Å². The highest BCUT2D eigenvalue weighted by Crippen LogP contribution is 2.17. The maximum Gasteiger partial charge on any atom is 0.144 e. The van der Waals surface area contributed by atoms with Crippen molar-refractivity contribution in [1.82, 2.24) is 14.9 Å². The van der Waals surface area contributed by atoms with E-state index >= 15 is 0 Å². The van der Waals surface area contributed by atoms with E-state index in [1.165, 1.54) is 16.4 Å². The number of fused-ring (bicyclic) bond motifs is 1. The number of nitrogens with zero attached hydrogens (tertiary/aromatic N) is 2. The zero-order valence-corrected chi connectivity index (χ0v) is 18.3. The lowest BCUT2D eigenvalue weighted by molar-refractivity contribution is 0.0444. The van der Waals surface area contributed by atoms with Gasteiger partial charge < -0.3 is 19.4 Å². The first-order valence-corrected chi connectivity index (χ1v) is 10.7. The maximum atomic E-state index is 5.70. The summed E-state index contributed by atoms with van der Waals surface area (Å²) in [5, 5.41) is 4.14. The van der Waals surface area contributed by atoms with Crippen molar-refractivity contribution in [3.8, 4) is 5.75 Å². The molecule has 4 heterocycles. The highest BCUT2D eigenvalue weighted by molar-refractivity contribution is 5.89. The molecular formula is C25H28N4O2. The molecule has 0 atom stereocenters. The Balaban J connectivity index is 1.67. The Bertz CT molecular complexity index is 1360. The zero-order valence-electron chi connectivity index (χ0n) is 18.3. The topological polar surface area (TPSA) is 65.6 Å². The minimum Gasteiger partial charge on any atom is -0.494 e. The van der Waals surface area contributed by atoms with E-state index in [9.17, 15) is 0 Å². The van der Waals surface area contributed by atoms with Crippen LogP contribution in [0.15, 0.2) is 41.4 Å². The van der Waals surface area contributed by atoms with Gasteiger partial charge in [0.2, 0.25) is 0 Å². The van der Waals surface area contributed by atoms with Gasteiger partial charge in [-0.1, -0.05) is 18.2 Å². The lowest BCUT2D eigenvalue weighted by Gasteiger charge is -2.27. The summed E-state index contributed by atoms with van der Waals surface area (Å²) in [6, 6.07) is 12.6. The molecule has 2 aliphatic rings. The zero-order chi connectivity index (χ0) is 21.4. The molecule has 6 heteroatoms. The number of methoxy groups -OCH3 is 1. The second-order valence-electron chi connectivity index (χ2n) is 8.20. The van der Waals surface area contributed by atoms with Crippen LogP contribution < -0.4 is 26.0 Å². The molecule has 0 amide bonds. The molecule has 5 rings (SSSR count). The summed E-state index contributed by atoms with van der Waals surface area (Å²) in [4.78, 5) is 14.4. The molecule has 0 saturated carbocycles. The monoisotopic (exact) mass is 416 g/mol. The van der Waals surface area contributed by atoms with E-state index in [4.69, 9.17) is 14.5 Å². The molecule has 31 heavy (non-hydrogen) atoms. The highest BCUT2D eigenvalue weighted by atomic mass is 16.5. The fourth-order valence-corrected chi connectivity index (χ4v) is 4.41. The third-order valence-electron chi connectivity index (χ3n) is 6.00. The summed E-state index contributed by atoms with van der Waals surface area (Å²) in [7, 11) is 1.71. The number of aromatic amines is 2. The fourth-order valence-electron chi connectivity index (χ4n) is 4.41. The Labute approximate surface area is 181 Å². The van der Waals surface area contributed by atoms with Crippen LogP contribution in [0, 0.1) is 13.8 Å². The number of benzene rings is 1. The Morgan fingerprint density at radius 3 is 2.68 bits per heavy atom. The number of ether oxygens (including phenoxy) is 2. The van der Waals surface area contributed by atoms with Gasteiger partial charge in [0.1, 0.15) is 5.75 Å². The summed E-state index contributed by atoms with van der Waals surface area (Å²) in [6.07, 6.45) is 2.11. The van der Waals surface area contributed by atoms with Crippen molar-refractivity contribution in [3.63, 3.8) is 0 Å². The SMILES string of the molecule is COc1c/c(=C2/N=c3ccccc3=C2CN2CCOCC2)[nH]c1=Cc1[nH]c(C)cc1C. The van der Waals surface area contributed by atoms with Crippen molar-refractivity contribution in [2.75, 3.05) is 40.0 Å².